The second kappa shape index (κ2) is 12.7. The van der Waals surface area contributed by atoms with Gasteiger partial charge in [0.05, 0.1) is 6.54 Å². The van der Waals surface area contributed by atoms with Gasteiger partial charge in [-0.1, -0.05) is 25.1 Å². The van der Waals surface area contributed by atoms with Crippen molar-refractivity contribution in [1.82, 2.24) is 10.2 Å². The van der Waals surface area contributed by atoms with Crippen LogP contribution in [0.3, 0.4) is 0 Å². The highest BCUT2D eigenvalue weighted by atomic mass is 35.5. The summed E-state index contributed by atoms with van der Waals surface area (Å²) in [7, 11) is 2.09. The number of anilines is 1. The van der Waals surface area contributed by atoms with E-state index < -0.39 is 0 Å². The smallest absolute Gasteiger partial charge is 0.239 e. The van der Waals surface area contributed by atoms with Gasteiger partial charge in [-0.3, -0.25) is 4.79 Å². The van der Waals surface area contributed by atoms with Gasteiger partial charge in [-0.15, -0.1) is 24.8 Å². The molecule has 1 rings (SSSR count). The molecule has 0 aliphatic heterocycles. The minimum Gasteiger partial charge on any atom is -0.376 e. The van der Waals surface area contributed by atoms with E-state index in [9.17, 15) is 4.79 Å². The summed E-state index contributed by atoms with van der Waals surface area (Å²) >= 11 is 0. The highest BCUT2D eigenvalue weighted by Crippen LogP contribution is 2.03. The minimum atomic E-state index is 0. The molecule has 0 saturated heterocycles. The normalized spacial score (nSPS) is 11.0. The van der Waals surface area contributed by atoms with Crippen molar-refractivity contribution in [3.63, 3.8) is 0 Å². The summed E-state index contributed by atoms with van der Waals surface area (Å²) in [4.78, 5) is 13.9. The maximum absolute atomic E-state index is 11.6. The average molecular weight is 336 g/mol. The van der Waals surface area contributed by atoms with Crippen LogP contribution < -0.4 is 10.6 Å². The molecule has 4 nitrogen and oxygen atoms in total. The van der Waals surface area contributed by atoms with E-state index in [-0.39, 0.29) is 30.7 Å². The van der Waals surface area contributed by atoms with Crippen LogP contribution in [-0.4, -0.2) is 43.5 Å². The minimum absolute atomic E-state index is 0. The monoisotopic (exact) mass is 335 g/mol. The first-order valence-corrected chi connectivity index (χ1v) is 6.89. The van der Waals surface area contributed by atoms with Crippen LogP contribution in [-0.2, 0) is 4.79 Å². The molecule has 1 unspecified atom stereocenters. The van der Waals surface area contributed by atoms with Crippen molar-refractivity contribution in [2.75, 3.05) is 32.0 Å². The van der Waals surface area contributed by atoms with E-state index in [0.29, 0.717) is 19.1 Å². The van der Waals surface area contributed by atoms with E-state index >= 15 is 0 Å². The molecule has 0 aromatic heterocycles. The summed E-state index contributed by atoms with van der Waals surface area (Å²) in [6, 6.07) is 10.3. The molecule has 1 atom stereocenters. The predicted molar refractivity (Wildman–Crippen MR) is 94.8 cm³/mol. The fourth-order valence-electron chi connectivity index (χ4n) is 1.70. The third-order valence-corrected chi connectivity index (χ3v) is 3.36. The number of nitrogens with one attached hydrogen (secondary N) is 2. The number of halogens is 2. The number of amides is 1. The van der Waals surface area contributed by atoms with Crippen LogP contribution in [0.2, 0.25) is 0 Å². The summed E-state index contributed by atoms with van der Waals surface area (Å²) < 4.78 is 0. The molecule has 6 heteroatoms. The number of hydrogen-bond acceptors (Lipinski definition) is 3. The molecule has 1 aromatic rings. The SMILES string of the molecule is CCC(C)N(C)CCNC(=O)CNc1ccccc1.Cl.Cl. The van der Waals surface area contributed by atoms with Crippen molar-refractivity contribution >= 4 is 36.4 Å². The molecule has 0 saturated carbocycles. The zero-order valence-electron chi connectivity index (χ0n) is 13.0. The topological polar surface area (TPSA) is 44.4 Å². The molecule has 1 amide bonds. The van der Waals surface area contributed by atoms with E-state index in [0.717, 1.165) is 18.7 Å². The van der Waals surface area contributed by atoms with Gasteiger partial charge in [0, 0.05) is 24.8 Å². The summed E-state index contributed by atoms with van der Waals surface area (Å²) in [5.74, 6) is 0.0291. The number of rotatable bonds is 8. The standard InChI is InChI=1S/C15H25N3O.2ClH/c1-4-13(2)18(3)11-10-16-15(19)12-17-14-8-6-5-7-9-14;;/h5-9,13,17H,4,10-12H2,1-3H3,(H,16,19);2*1H. The quantitative estimate of drug-likeness (QED) is 0.767. The Hall–Kier alpha value is -0.970. The van der Waals surface area contributed by atoms with Crippen LogP contribution in [0.1, 0.15) is 20.3 Å². The maximum Gasteiger partial charge on any atom is 0.239 e. The van der Waals surface area contributed by atoms with Crippen molar-refractivity contribution < 1.29 is 4.79 Å². The fraction of sp³-hybridized carbons (Fsp3) is 0.533. The van der Waals surface area contributed by atoms with Crippen LogP contribution >= 0.6 is 24.8 Å². The molecule has 122 valence electrons. The molecule has 0 aliphatic carbocycles. The van der Waals surface area contributed by atoms with Crippen LogP contribution in [0.5, 0.6) is 0 Å². The lowest BCUT2D eigenvalue weighted by molar-refractivity contribution is -0.119. The number of carbonyl (C=O) groups is 1. The predicted octanol–water partition coefficient (Wildman–Crippen LogP) is 2.79. The zero-order valence-corrected chi connectivity index (χ0v) is 14.6. The van der Waals surface area contributed by atoms with Crippen molar-refractivity contribution in [3.05, 3.63) is 30.3 Å². The summed E-state index contributed by atoms with van der Waals surface area (Å²) in [5, 5.41) is 6.01. The van der Waals surface area contributed by atoms with Crippen LogP contribution in [0.4, 0.5) is 5.69 Å². The number of hydrogen-bond donors (Lipinski definition) is 2. The molecule has 21 heavy (non-hydrogen) atoms. The van der Waals surface area contributed by atoms with E-state index in [4.69, 9.17) is 0 Å². The van der Waals surface area contributed by atoms with E-state index in [1.54, 1.807) is 0 Å². The molecule has 0 fully saturated rings. The molecule has 2 N–H and O–H groups in total. The number of nitrogens with zero attached hydrogens (tertiary/aromatic N) is 1. The van der Waals surface area contributed by atoms with Gasteiger partial charge >= 0.3 is 0 Å². The first-order chi connectivity index (χ1) is 9.13. The molecule has 0 radical (unpaired) electrons. The second-order valence-electron chi connectivity index (χ2n) is 4.81. The first-order valence-electron chi connectivity index (χ1n) is 6.89. The number of benzene rings is 1. The highest BCUT2D eigenvalue weighted by molar-refractivity contribution is 5.85. The lowest BCUT2D eigenvalue weighted by Gasteiger charge is -2.23. The van der Waals surface area contributed by atoms with Crippen molar-refractivity contribution in [2.24, 2.45) is 0 Å². The van der Waals surface area contributed by atoms with Gasteiger partial charge in [0.25, 0.3) is 0 Å². The fourth-order valence-corrected chi connectivity index (χ4v) is 1.70. The molecular weight excluding hydrogens is 309 g/mol. The van der Waals surface area contributed by atoms with Crippen LogP contribution in [0.15, 0.2) is 30.3 Å². The summed E-state index contributed by atoms with van der Waals surface area (Å²) in [6.07, 6.45) is 1.13. The Kier molecular flexibility index (Phi) is 13.5. The molecule has 0 spiro atoms. The summed E-state index contributed by atoms with van der Waals surface area (Å²) in [5.41, 5.74) is 0.967. The average Bonchev–Trinajstić information content (AvgIpc) is 2.45. The van der Waals surface area contributed by atoms with Gasteiger partial charge in [0.2, 0.25) is 5.91 Å². The molecule has 0 bridgehead atoms. The summed E-state index contributed by atoms with van der Waals surface area (Å²) in [6.45, 7) is 6.25. The van der Waals surface area contributed by atoms with Crippen LogP contribution in [0, 0.1) is 0 Å². The Bertz CT molecular complexity index is 376. The molecule has 0 aliphatic rings. The van der Waals surface area contributed by atoms with Gasteiger partial charge in [-0.2, -0.15) is 0 Å². The van der Waals surface area contributed by atoms with Gasteiger partial charge in [-0.25, -0.2) is 0 Å². The van der Waals surface area contributed by atoms with E-state index in [1.165, 1.54) is 0 Å². The zero-order chi connectivity index (χ0) is 14.1. The number of carbonyl (C=O) groups excluding carboxylic acids is 1. The second-order valence-corrected chi connectivity index (χ2v) is 4.81. The lowest BCUT2D eigenvalue weighted by Crippen LogP contribution is -2.38. The number of likely N-dealkylation sites (N-methyl/N-ethyl adjacent to an activating group) is 1. The Morgan fingerprint density at radius 1 is 1.24 bits per heavy atom. The van der Waals surface area contributed by atoms with Crippen molar-refractivity contribution in [3.8, 4) is 0 Å². The number of para-hydroxylation sites is 1. The lowest BCUT2D eigenvalue weighted by atomic mass is 10.2. The van der Waals surface area contributed by atoms with E-state index in [2.05, 4.69) is 36.4 Å². The van der Waals surface area contributed by atoms with Crippen molar-refractivity contribution in [1.29, 1.82) is 0 Å². The Morgan fingerprint density at radius 2 is 1.86 bits per heavy atom. The van der Waals surface area contributed by atoms with E-state index in [1.807, 2.05) is 30.3 Å². The third-order valence-electron chi connectivity index (χ3n) is 3.36. The first kappa shape index (κ1) is 22.3. The third kappa shape index (κ3) is 9.56. The maximum atomic E-state index is 11.6. The largest absolute Gasteiger partial charge is 0.376 e. The van der Waals surface area contributed by atoms with Crippen LogP contribution in [0.25, 0.3) is 0 Å². The molecule has 0 heterocycles. The molecule has 1 aromatic carbocycles. The Balaban J connectivity index is 0. The Labute approximate surface area is 140 Å². The van der Waals surface area contributed by atoms with Gasteiger partial charge in [0.1, 0.15) is 0 Å². The molecular formula is C15H27Cl2N3O. The van der Waals surface area contributed by atoms with Gasteiger partial charge < -0.3 is 15.5 Å². The highest BCUT2D eigenvalue weighted by Gasteiger charge is 2.06. The Morgan fingerprint density at radius 3 is 2.43 bits per heavy atom. The van der Waals surface area contributed by atoms with Crippen molar-refractivity contribution in [2.45, 2.75) is 26.3 Å². The van der Waals surface area contributed by atoms with Gasteiger partial charge in [-0.05, 0) is 32.5 Å². The van der Waals surface area contributed by atoms with Gasteiger partial charge in [0.15, 0.2) is 0 Å².